The minimum atomic E-state index is -0.175. The highest BCUT2D eigenvalue weighted by atomic mass is 16.5. The van der Waals surface area contributed by atoms with E-state index in [0.29, 0.717) is 12.3 Å². The lowest BCUT2D eigenvalue weighted by atomic mass is 9.96. The lowest BCUT2D eigenvalue weighted by Gasteiger charge is -2.13. The Morgan fingerprint density at radius 1 is 1.33 bits per heavy atom. The number of nitrogen functional groups attached to an aromatic ring is 1. The van der Waals surface area contributed by atoms with Crippen molar-refractivity contribution in [1.82, 2.24) is 0 Å². The fourth-order valence-electron chi connectivity index (χ4n) is 1.51. The van der Waals surface area contributed by atoms with Gasteiger partial charge in [-0.15, -0.1) is 0 Å². The average molecular weight is 207 g/mol. The van der Waals surface area contributed by atoms with Gasteiger partial charge in [-0.3, -0.25) is 4.79 Å². The Kier molecular flexibility index (Phi) is 4.16. The van der Waals surface area contributed by atoms with E-state index in [1.165, 1.54) is 0 Å². The number of nitrogens with two attached hydrogens (primary N) is 1. The molecule has 0 amide bonds. The van der Waals surface area contributed by atoms with Gasteiger partial charge in [0.25, 0.3) is 0 Å². The maximum Gasteiger partial charge on any atom is 0.313 e. The van der Waals surface area contributed by atoms with Gasteiger partial charge in [-0.2, -0.15) is 0 Å². The number of rotatable bonds is 4. The van der Waals surface area contributed by atoms with Gasteiger partial charge in [0, 0.05) is 5.69 Å². The smallest absolute Gasteiger partial charge is 0.313 e. The zero-order chi connectivity index (χ0) is 11.3. The van der Waals surface area contributed by atoms with Crippen LogP contribution >= 0.6 is 0 Å². The molecule has 1 aromatic rings. The standard InChI is InChI=1S/C12H17NO2/c1-3-11(12(14)15-4-2)9-5-7-10(13)8-6-9/h5-8,11H,3-4,13H2,1-2H3/t11-/m1/s1. The first-order chi connectivity index (χ1) is 7.19. The zero-order valence-corrected chi connectivity index (χ0v) is 9.19. The van der Waals surface area contributed by atoms with Crippen LogP contribution in [-0.2, 0) is 9.53 Å². The highest BCUT2D eigenvalue weighted by Gasteiger charge is 2.19. The van der Waals surface area contributed by atoms with Crippen molar-refractivity contribution in [3.05, 3.63) is 29.8 Å². The normalized spacial score (nSPS) is 12.1. The predicted molar refractivity (Wildman–Crippen MR) is 60.5 cm³/mol. The van der Waals surface area contributed by atoms with Crippen molar-refractivity contribution >= 4 is 11.7 Å². The summed E-state index contributed by atoms with van der Waals surface area (Å²) in [5.41, 5.74) is 7.26. The number of carbonyl (C=O) groups excluding carboxylic acids is 1. The quantitative estimate of drug-likeness (QED) is 0.609. The van der Waals surface area contributed by atoms with Gasteiger partial charge in [-0.05, 0) is 31.0 Å². The van der Waals surface area contributed by atoms with E-state index in [9.17, 15) is 4.79 Å². The van der Waals surface area contributed by atoms with E-state index in [2.05, 4.69) is 0 Å². The molecule has 0 aliphatic heterocycles. The van der Waals surface area contributed by atoms with Crippen LogP contribution in [0.25, 0.3) is 0 Å². The molecule has 0 aromatic heterocycles. The summed E-state index contributed by atoms with van der Waals surface area (Å²) in [6.45, 7) is 4.20. The minimum absolute atomic E-state index is 0.162. The first-order valence-corrected chi connectivity index (χ1v) is 5.21. The summed E-state index contributed by atoms with van der Waals surface area (Å²) < 4.78 is 5.01. The molecule has 0 radical (unpaired) electrons. The van der Waals surface area contributed by atoms with Crippen molar-refractivity contribution in [2.75, 3.05) is 12.3 Å². The maximum absolute atomic E-state index is 11.6. The van der Waals surface area contributed by atoms with Crippen LogP contribution in [0.4, 0.5) is 5.69 Å². The average Bonchev–Trinajstić information content (AvgIpc) is 2.22. The van der Waals surface area contributed by atoms with E-state index < -0.39 is 0 Å². The van der Waals surface area contributed by atoms with Crippen LogP contribution in [0.5, 0.6) is 0 Å². The third kappa shape index (κ3) is 2.98. The van der Waals surface area contributed by atoms with E-state index >= 15 is 0 Å². The first kappa shape index (κ1) is 11.6. The fourth-order valence-corrected chi connectivity index (χ4v) is 1.51. The van der Waals surface area contributed by atoms with Crippen molar-refractivity contribution in [1.29, 1.82) is 0 Å². The van der Waals surface area contributed by atoms with Gasteiger partial charge in [0.05, 0.1) is 12.5 Å². The molecule has 0 heterocycles. The van der Waals surface area contributed by atoms with Gasteiger partial charge in [0.1, 0.15) is 0 Å². The maximum atomic E-state index is 11.6. The van der Waals surface area contributed by atoms with E-state index in [-0.39, 0.29) is 11.9 Å². The molecule has 1 rings (SSSR count). The molecule has 0 saturated heterocycles. The topological polar surface area (TPSA) is 52.3 Å². The van der Waals surface area contributed by atoms with Crippen LogP contribution < -0.4 is 5.73 Å². The zero-order valence-electron chi connectivity index (χ0n) is 9.19. The SMILES string of the molecule is CCOC(=O)[C@H](CC)c1ccc(N)cc1. The Morgan fingerprint density at radius 3 is 2.40 bits per heavy atom. The summed E-state index contributed by atoms with van der Waals surface area (Å²) in [5.74, 6) is -0.338. The Morgan fingerprint density at radius 2 is 1.93 bits per heavy atom. The largest absolute Gasteiger partial charge is 0.466 e. The van der Waals surface area contributed by atoms with E-state index in [0.717, 1.165) is 12.0 Å². The lowest BCUT2D eigenvalue weighted by molar-refractivity contribution is -0.145. The summed E-state index contributed by atoms with van der Waals surface area (Å²) in [4.78, 5) is 11.6. The summed E-state index contributed by atoms with van der Waals surface area (Å²) in [5, 5.41) is 0. The van der Waals surface area contributed by atoms with Crippen molar-refractivity contribution in [2.45, 2.75) is 26.2 Å². The molecule has 0 aliphatic rings. The van der Waals surface area contributed by atoms with E-state index in [1.54, 1.807) is 12.1 Å². The predicted octanol–water partition coefficient (Wildman–Crippen LogP) is 2.33. The Bertz CT molecular complexity index is 319. The summed E-state index contributed by atoms with van der Waals surface area (Å²) >= 11 is 0. The molecule has 1 aromatic carbocycles. The highest BCUT2D eigenvalue weighted by molar-refractivity contribution is 5.78. The summed E-state index contributed by atoms with van der Waals surface area (Å²) in [6, 6.07) is 7.36. The van der Waals surface area contributed by atoms with Gasteiger partial charge < -0.3 is 10.5 Å². The molecule has 0 unspecified atom stereocenters. The molecule has 3 nitrogen and oxygen atoms in total. The number of anilines is 1. The second-order valence-corrected chi connectivity index (χ2v) is 3.38. The Labute approximate surface area is 90.2 Å². The number of ether oxygens (including phenoxy) is 1. The molecule has 0 bridgehead atoms. The van der Waals surface area contributed by atoms with Crippen molar-refractivity contribution in [2.24, 2.45) is 0 Å². The Balaban J connectivity index is 2.82. The number of carbonyl (C=O) groups is 1. The van der Waals surface area contributed by atoms with Crippen LogP contribution in [-0.4, -0.2) is 12.6 Å². The number of benzene rings is 1. The van der Waals surface area contributed by atoms with Gasteiger partial charge in [0.2, 0.25) is 0 Å². The molecule has 15 heavy (non-hydrogen) atoms. The van der Waals surface area contributed by atoms with Crippen LogP contribution in [0.1, 0.15) is 31.7 Å². The molecule has 0 saturated carbocycles. The molecule has 1 atom stereocenters. The molecule has 0 fully saturated rings. The van der Waals surface area contributed by atoms with E-state index in [1.807, 2.05) is 26.0 Å². The third-order valence-corrected chi connectivity index (χ3v) is 2.32. The molecular weight excluding hydrogens is 190 g/mol. The van der Waals surface area contributed by atoms with Crippen LogP contribution in [0.3, 0.4) is 0 Å². The lowest BCUT2D eigenvalue weighted by Crippen LogP contribution is -2.15. The van der Waals surface area contributed by atoms with Crippen LogP contribution in [0.2, 0.25) is 0 Å². The molecule has 2 N–H and O–H groups in total. The minimum Gasteiger partial charge on any atom is -0.466 e. The molecule has 0 spiro atoms. The number of esters is 1. The number of hydrogen-bond donors (Lipinski definition) is 1. The van der Waals surface area contributed by atoms with Gasteiger partial charge >= 0.3 is 5.97 Å². The summed E-state index contributed by atoms with van der Waals surface area (Å²) in [6.07, 6.45) is 0.739. The number of hydrogen-bond acceptors (Lipinski definition) is 3. The van der Waals surface area contributed by atoms with Crippen molar-refractivity contribution in [3.8, 4) is 0 Å². The molecule has 3 heteroatoms. The first-order valence-electron chi connectivity index (χ1n) is 5.21. The Hall–Kier alpha value is -1.51. The second kappa shape index (κ2) is 5.39. The molecule has 0 aliphatic carbocycles. The monoisotopic (exact) mass is 207 g/mol. The summed E-state index contributed by atoms with van der Waals surface area (Å²) in [7, 11) is 0. The van der Waals surface area contributed by atoms with Gasteiger partial charge in [-0.1, -0.05) is 19.1 Å². The highest BCUT2D eigenvalue weighted by Crippen LogP contribution is 2.21. The molecule has 82 valence electrons. The van der Waals surface area contributed by atoms with Crippen LogP contribution in [0.15, 0.2) is 24.3 Å². The van der Waals surface area contributed by atoms with E-state index in [4.69, 9.17) is 10.5 Å². The van der Waals surface area contributed by atoms with Gasteiger partial charge in [-0.25, -0.2) is 0 Å². The van der Waals surface area contributed by atoms with Crippen molar-refractivity contribution < 1.29 is 9.53 Å². The van der Waals surface area contributed by atoms with Crippen molar-refractivity contribution in [3.63, 3.8) is 0 Å². The van der Waals surface area contributed by atoms with Crippen LogP contribution in [0, 0.1) is 0 Å². The second-order valence-electron chi connectivity index (χ2n) is 3.38. The molecular formula is C12H17NO2. The third-order valence-electron chi connectivity index (χ3n) is 2.32. The fraction of sp³-hybridized carbons (Fsp3) is 0.417. The van der Waals surface area contributed by atoms with Gasteiger partial charge in [0.15, 0.2) is 0 Å².